The Morgan fingerprint density at radius 1 is 0.938 bits per heavy atom. The van der Waals surface area contributed by atoms with E-state index in [4.69, 9.17) is 28.9 Å². The van der Waals surface area contributed by atoms with E-state index in [1.807, 2.05) is 25.1 Å². The first-order chi connectivity index (χ1) is 15.4. The molecule has 32 heavy (non-hydrogen) atoms. The Bertz CT molecular complexity index is 1100. The number of hydrogen-bond acceptors (Lipinski definition) is 3. The molecule has 2 aromatic carbocycles. The van der Waals surface area contributed by atoms with Crippen LogP contribution in [0.3, 0.4) is 0 Å². The molecular weight excluding hydrogens is 438 g/mol. The lowest BCUT2D eigenvalue weighted by atomic mass is 10.1. The minimum Gasteiger partial charge on any atom is -0.346 e. The average Bonchev–Trinajstić information content (AvgIpc) is 3.05. The minimum atomic E-state index is 0.758. The molecule has 1 N–H and O–H groups in total. The fourth-order valence-electron chi connectivity index (χ4n) is 4.14. The molecule has 1 fully saturated rings. The van der Waals surface area contributed by atoms with Gasteiger partial charge in [-0.1, -0.05) is 54.1 Å². The molecular formula is C25H30ClN5S. The lowest BCUT2D eigenvalue weighted by Crippen LogP contribution is -2.49. The molecule has 168 valence electrons. The molecule has 0 unspecified atom stereocenters. The van der Waals surface area contributed by atoms with Gasteiger partial charge in [-0.15, -0.1) is 0 Å². The highest BCUT2D eigenvalue weighted by atomic mass is 35.5. The highest BCUT2D eigenvalue weighted by Crippen LogP contribution is 2.23. The molecule has 0 amide bonds. The van der Waals surface area contributed by atoms with Gasteiger partial charge in [0.2, 0.25) is 0 Å². The lowest BCUT2D eigenvalue weighted by molar-refractivity contribution is 0.177. The van der Waals surface area contributed by atoms with Crippen LogP contribution >= 0.6 is 23.8 Å². The maximum atomic E-state index is 6.33. The van der Waals surface area contributed by atoms with Crippen LogP contribution in [0.1, 0.15) is 28.1 Å². The van der Waals surface area contributed by atoms with E-state index >= 15 is 0 Å². The molecule has 0 aliphatic carbocycles. The van der Waals surface area contributed by atoms with Gasteiger partial charge in [-0.3, -0.25) is 9.58 Å². The number of aryl methyl sites for hydroxylation is 2. The molecule has 0 saturated carbocycles. The molecule has 0 bridgehead atoms. The van der Waals surface area contributed by atoms with Gasteiger partial charge in [-0.05, 0) is 55.7 Å². The minimum absolute atomic E-state index is 0.758. The SMILES string of the molecule is Cc1ccccc1Cn1nc(C)c(NC(=S)N2CCN(Cc3ccccc3Cl)CC2)c1C. The van der Waals surface area contributed by atoms with Gasteiger partial charge >= 0.3 is 0 Å². The van der Waals surface area contributed by atoms with Gasteiger partial charge in [-0.25, -0.2) is 0 Å². The summed E-state index contributed by atoms with van der Waals surface area (Å²) in [6.45, 7) is 11.6. The number of anilines is 1. The van der Waals surface area contributed by atoms with Gasteiger partial charge in [0.05, 0.1) is 23.6 Å². The standard InChI is InChI=1S/C25H30ClN5S/c1-18-8-4-5-9-21(18)17-31-20(3)24(19(2)28-31)27-25(32)30-14-12-29(13-15-30)16-22-10-6-7-11-23(22)26/h4-11H,12-17H2,1-3H3,(H,27,32). The second kappa shape index (κ2) is 10.0. The van der Waals surface area contributed by atoms with Crippen LogP contribution in [0.4, 0.5) is 5.69 Å². The Balaban J connectivity index is 1.36. The third kappa shape index (κ3) is 5.14. The molecule has 7 heteroatoms. The van der Waals surface area contributed by atoms with E-state index in [9.17, 15) is 0 Å². The van der Waals surface area contributed by atoms with Crippen molar-refractivity contribution in [3.8, 4) is 0 Å². The van der Waals surface area contributed by atoms with Crippen molar-refractivity contribution in [3.05, 3.63) is 81.6 Å². The first-order valence-electron chi connectivity index (χ1n) is 11.0. The summed E-state index contributed by atoms with van der Waals surface area (Å²) < 4.78 is 2.06. The second-order valence-electron chi connectivity index (χ2n) is 8.41. The summed E-state index contributed by atoms with van der Waals surface area (Å²) in [4.78, 5) is 4.67. The summed E-state index contributed by atoms with van der Waals surface area (Å²) in [6.07, 6.45) is 0. The van der Waals surface area contributed by atoms with Gasteiger partial charge < -0.3 is 10.2 Å². The Hall–Kier alpha value is -2.41. The van der Waals surface area contributed by atoms with Gasteiger partial charge in [-0.2, -0.15) is 5.10 Å². The largest absolute Gasteiger partial charge is 0.346 e. The molecule has 1 aliphatic rings. The van der Waals surface area contributed by atoms with Crippen molar-refractivity contribution in [2.24, 2.45) is 0 Å². The molecule has 4 rings (SSSR count). The zero-order valence-electron chi connectivity index (χ0n) is 18.9. The van der Waals surface area contributed by atoms with Crippen molar-refractivity contribution in [2.45, 2.75) is 33.9 Å². The van der Waals surface area contributed by atoms with E-state index in [-0.39, 0.29) is 0 Å². The van der Waals surface area contributed by atoms with Crippen molar-refractivity contribution in [1.82, 2.24) is 19.6 Å². The van der Waals surface area contributed by atoms with Gasteiger partial charge in [0, 0.05) is 37.7 Å². The second-order valence-corrected chi connectivity index (χ2v) is 9.21. The number of nitrogens with one attached hydrogen (secondary N) is 1. The van der Waals surface area contributed by atoms with Crippen LogP contribution in [0.5, 0.6) is 0 Å². The smallest absolute Gasteiger partial charge is 0.173 e. The Morgan fingerprint density at radius 3 is 2.28 bits per heavy atom. The predicted octanol–water partition coefficient (Wildman–Crippen LogP) is 5.02. The number of piperazine rings is 1. The monoisotopic (exact) mass is 467 g/mol. The summed E-state index contributed by atoms with van der Waals surface area (Å²) in [6, 6.07) is 16.5. The van der Waals surface area contributed by atoms with Crippen molar-refractivity contribution in [3.63, 3.8) is 0 Å². The maximum absolute atomic E-state index is 6.33. The first kappa shape index (κ1) is 22.8. The fraction of sp³-hybridized carbons (Fsp3) is 0.360. The average molecular weight is 468 g/mol. The predicted molar refractivity (Wildman–Crippen MR) is 137 cm³/mol. The number of hydrogen-bond donors (Lipinski definition) is 1. The van der Waals surface area contributed by atoms with E-state index in [1.54, 1.807) is 0 Å². The number of rotatable bonds is 5. The number of halogens is 1. The summed E-state index contributed by atoms with van der Waals surface area (Å²) in [5.74, 6) is 0. The summed E-state index contributed by atoms with van der Waals surface area (Å²) in [7, 11) is 0. The van der Waals surface area contributed by atoms with Crippen LogP contribution in [0.25, 0.3) is 0 Å². The van der Waals surface area contributed by atoms with Crippen molar-refractivity contribution >= 4 is 34.6 Å². The highest BCUT2D eigenvalue weighted by Gasteiger charge is 2.21. The van der Waals surface area contributed by atoms with Crippen LogP contribution in [0.2, 0.25) is 5.02 Å². The van der Waals surface area contributed by atoms with E-state index < -0.39 is 0 Å². The number of aromatic nitrogens is 2. The molecule has 0 atom stereocenters. The van der Waals surface area contributed by atoms with E-state index in [0.717, 1.165) is 66.5 Å². The van der Waals surface area contributed by atoms with Crippen LogP contribution in [0, 0.1) is 20.8 Å². The molecule has 1 saturated heterocycles. The fourth-order valence-corrected chi connectivity index (χ4v) is 4.62. The van der Waals surface area contributed by atoms with Gasteiger partial charge in [0.25, 0.3) is 0 Å². The highest BCUT2D eigenvalue weighted by molar-refractivity contribution is 7.80. The number of benzene rings is 2. The van der Waals surface area contributed by atoms with Crippen molar-refractivity contribution < 1.29 is 0 Å². The van der Waals surface area contributed by atoms with Gasteiger partial charge in [0.15, 0.2) is 5.11 Å². The zero-order chi connectivity index (χ0) is 22.7. The normalized spacial score (nSPS) is 14.6. The molecule has 1 aromatic heterocycles. The first-order valence-corrected chi connectivity index (χ1v) is 11.8. The van der Waals surface area contributed by atoms with Crippen molar-refractivity contribution in [1.29, 1.82) is 0 Å². The van der Waals surface area contributed by atoms with Crippen molar-refractivity contribution in [2.75, 3.05) is 31.5 Å². The van der Waals surface area contributed by atoms with Crippen LogP contribution in [-0.2, 0) is 13.1 Å². The molecule has 0 radical (unpaired) electrons. The Kier molecular flexibility index (Phi) is 7.13. The van der Waals surface area contributed by atoms with E-state index in [0.29, 0.717) is 0 Å². The molecule has 1 aliphatic heterocycles. The molecule has 5 nitrogen and oxygen atoms in total. The third-order valence-corrected chi connectivity index (χ3v) is 6.94. The zero-order valence-corrected chi connectivity index (χ0v) is 20.5. The van der Waals surface area contributed by atoms with E-state index in [1.165, 1.54) is 16.7 Å². The van der Waals surface area contributed by atoms with Crippen LogP contribution in [-0.4, -0.2) is 50.9 Å². The van der Waals surface area contributed by atoms with Crippen LogP contribution in [0.15, 0.2) is 48.5 Å². The Labute approximate surface area is 201 Å². The number of thiocarbonyl (C=S) groups is 1. The molecule has 0 spiro atoms. The molecule has 3 aromatic rings. The maximum Gasteiger partial charge on any atom is 0.173 e. The summed E-state index contributed by atoms with van der Waals surface area (Å²) in [5, 5.41) is 9.85. The number of nitrogens with zero attached hydrogens (tertiary/aromatic N) is 4. The van der Waals surface area contributed by atoms with E-state index in [2.05, 4.69) is 64.0 Å². The lowest BCUT2D eigenvalue weighted by Gasteiger charge is -2.36. The topological polar surface area (TPSA) is 36.3 Å². The third-order valence-electron chi connectivity index (χ3n) is 6.21. The quantitative estimate of drug-likeness (QED) is 0.533. The summed E-state index contributed by atoms with van der Waals surface area (Å²) in [5.41, 5.74) is 6.82. The van der Waals surface area contributed by atoms with Gasteiger partial charge in [0.1, 0.15) is 0 Å². The summed E-state index contributed by atoms with van der Waals surface area (Å²) >= 11 is 12.1. The van der Waals surface area contributed by atoms with Crippen LogP contribution < -0.4 is 5.32 Å². The Morgan fingerprint density at radius 2 is 1.59 bits per heavy atom. The molecule has 2 heterocycles.